The zero-order chi connectivity index (χ0) is 17.5. The minimum atomic E-state index is 0.337. The Hall–Kier alpha value is -1.68. The van der Waals surface area contributed by atoms with Gasteiger partial charge in [-0.2, -0.15) is 17.0 Å². The molecule has 0 unspecified atom stereocenters. The van der Waals surface area contributed by atoms with Gasteiger partial charge in [0.2, 0.25) is 0 Å². The maximum absolute atomic E-state index is 8.76. The summed E-state index contributed by atoms with van der Waals surface area (Å²) in [7, 11) is 0. The molecule has 0 atom stereocenters. The molecule has 0 bridgehead atoms. The molecule has 0 aromatic carbocycles. The van der Waals surface area contributed by atoms with Crippen LogP contribution < -0.4 is 5.32 Å². The Balaban J connectivity index is 2.13. The molecule has 2 N–H and O–H groups in total. The number of nitriles is 1. The average molecular weight is 352 g/mol. The second-order valence-electron chi connectivity index (χ2n) is 5.56. The van der Waals surface area contributed by atoms with E-state index in [-0.39, 0.29) is 0 Å². The summed E-state index contributed by atoms with van der Waals surface area (Å²) in [6, 6.07) is 0.337. The Kier molecular flexibility index (Phi) is 11.7. The van der Waals surface area contributed by atoms with Crippen molar-refractivity contribution in [3.63, 3.8) is 0 Å². The molecule has 0 saturated heterocycles. The van der Waals surface area contributed by atoms with Gasteiger partial charge in [0.05, 0.1) is 25.2 Å². The topological polar surface area (TPSA) is 86.1 Å². The fourth-order valence-corrected chi connectivity index (χ4v) is 3.00. The molecule has 24 heavy (non-hydrogen) atoms. The van der Waals surface area contributed by atoms with Crippen molar-refractivity contribution in [2.75, 3.05) is 18.9 Å². The number of aromatic nitrogens is 2. The highest BCUT2D eigenvalue weighted by Crippen LogP contribution is 2.12. The van der Waals surface area contributed by atoms with E-state index >= 15 is 0 Å². The maximum atomic E-state index is 8.76. The molecule has 0 fully saturated rings. The first-order valence-corrected chi connectivity index (χ1v) is 9.82. The van der Waals surface area contributed by atoms with Crippen molar-refractivity contribution in [3.8, 4) is 6.19 Å². The number of ether oxygens (including phenoxy) is 1. The van der Waals surface area contributed by atoms with Gasteiger partial charge in [-0.25, -0.2) is 15.3 Å². The molecule has 0 aliphatic rings. The van der Waals surface area contributed by atoms with Gasteiger partial charge in [0, 0.05) is 17.2 Å². The predicted molar refractivity (Wildman–Crippen MR) is 99.9 cm³/mol. The minimum Gasteiger partial charge on any atom is -0.465 e. The number of nitrogens with zero attached hydrogens (tertiary/aromatic N) is 3. The first-order chi connectivity index (χ1) is 11.8. The molecule has 0 spiro atoms. The first kappa shape index (κ1) is 20.4. The predicted octanol–water partition coefficient (Wildman–Crippen LogP) is 3.76. The molecule has 7 heteroatoms. The van der Waals surface area contributed by atoms with Crippen LogP contribution in [0.5, 0.6) is 0 Å². The molecule has 134 valence electrons. The Bertz CT molecular complexity index is 509. The summed E-state index contributed by atoms with van der Waals surface area (Å²) >= 11 is 1.78. The van der Waals surface area contributed by atoms with Gasteiger partial charge in [0.1, 0.15) is 0 Å². The Morgan fingerprint density at radius 1 is 1.38 bits per heavy atom. The van der Waals surface area contributed by atoms with E-state index < -0.39 is 0 Å². The lowest BCUT2D eigenvalue weighted by Crippen LogP contribution is -2.22. The zero-order valence-corrected chi connectivity index (χ0v) is 15.6. The average Bonchev–Trinajstić information content (AvgIpc) is 2.98. The second-order valence-corrected chi connectivity index (χ2v) is 6.66. The van der Waals surface area contributed by atoms with Crippen molar-refractivity contribution in [3.05, 3.63) is 17.7 Å². The quantitative estimate of drug-likeness (QED) is 0.197. The Labute approximate surface area is 149 Å². The van der Waals surface area contributed by atoms with Crippen LogP contribution in [0, 0.1) is 18.4 Å². The summed E-state index contributed by atoms with van der Waals surface area (Å²) in [6.07, 6.45) is 10.9. The highest BCUT2D eigenvalue weighted by molar-refractivity contribution is 7.98. The molecule has 0 amide bonds. The van der Waals surface area contributed by atoms with E-state index in [1.807, 2.05) is 13.1 Å². The molecule has 0 radical (unpaired) electrons. The highest BCUT2D eigenvalue weighted by atomic mass is 32.2. The lowest BCUT2D eigenvalue weighted by Gasteiger charge is -2.07. The van der Waals surface area contributed by atoms with Crippen molar-refractivity contribution < 1.29 is 4.74 Å². The number of thioether (sulfide) groups is 1. The highest BCUT2D eigenvalue weighted by Gasteiger charge is 2.01. The van der Waals surface area contributed by atoms with E-state index in [0.717, 1.165) is 29.3 Å². The third-order valence-electron chi connectivity index (χ3n) is 3.57. The van der Waals surface area contributed by atoms with E-state index in [1.165, 1.54) is 32.1 Å². The van der Waals surface area contributed by atoms with Crippen molar-refractivity contribution >= 4 is 17.8 Å². The van der Waals surface area contributed by atoms with E-state index in [2.05, 4.69) is 27.2 Å². The summed E-state index contributed by atoms with van der Waals surface area (Å²) in [5.41, 5.74) is 2.19. The molecule has 0 aliphatic heterocycles. The number of imidazole rings is 1. The first-order valence-electron chi connectivity index (χ1n) is 8.66. The number of unbranched alkanes of at least 4 members (excludes halogenated alkanes) is 5. The molecule has 1 aromatic heterocycles. The summed E-state index contributed by atoms with van der Waals surface area (Å²) in [6.45, 7) is 5.45. The van der Waals surface area contributed by atoms with Crippen LogP contribution in [0.1, 0.15) is 56.8 Å². The molecule has 0 saturated carbocycles. The second kappa shape index (κ2) is 13.7. The smallest absolute Gasteiger partial charge is 0.298 e. The van der Waals surface area contributed by atoms with Gasteiger partial charge in [-0.3, -0.25) is 0 Å². The van der Waals surface area contributed by atoms with Crippen molar-refractivity contribution in [1.29, 1.82) is 5.26 Å². The van der Waals surface area contributed by atoms with Gasteiger partial charge in [-0.15, -0.1) is 0 Å². The third kappa shape index (κ3) is 9.46. The number of aryl methyl sites for hydroxylation is 1. The van der Waals surface area contributed by atoms with Gasteiger partial charge in [0.15, 0.2) is 6.19 Å². The lowest BCUT2D eigenvalue weighted by molar-refractivity contribution is 0.281. The van der Waals surface area contributed by atoms with Crippen LogP contribution >= 0.6 is 11.8 Å². The van der Waals surface area contributed by atoms with Gasteiger partial charge >= 0.3 is 0 Å². The SMILES string of the molecule is CCCCCCCCO/C(=N\CCSCc1[nH]cnc1C)NC#N. The van der Waals surface area contributed by atoms with Crippen LogP contribution in [0.15, 0.2) is 11.3 Å². The van der Waals surface area contributed by atoms with Crippen LogP contribution in [0.4, 0.5) is 0 Å². The molecule has 1 heterocycles. The summed E-state index contributed by atoms with van der Waals surface area (Å²) < 4.78 is 5.55. The van der Waals surface area contributed by atoms with Gasteiger partial charge in [-0.05, 0) is 13.3 Å². The normalized spacial score (nSPS) is 11.3. The van der Waals surface area contributed by atoms with Crippen LogP contribution in [-0.4, -0.2) is 34.9 Å². The van der Waals surface area contributed by atoms with Crippen LogP contribution in [0.2, 0.25) is 0 Å². The largest absolute Gasteiger partial charge is 0.465 e. The number of amidine groups is 1. The number of nitrogens with one attached hydrogen (secondary N) is 2. The van der Waals surface area contributed by atoms with E-state index in [0.29, 0.717) is 19.2 Å². The van der Waals surface area contributed by atoms with Crippen LogP contribution in [0.3, 0.4) is 0 Å². The molecular formula is C17H29N5OS. The number of hydrogen-bond acceptors (Lipinski definition) is 5. The summed E-state index contributed by atoms with van der Waals surface area (Å²) in [5, 5.41) is 11.3. The minimum absolute atomic E-state index is 0.337. The Morgan fingerprint density at radius 3 is 2.88 bits per heavy atom. The fraction of sp³-hybridized carbons (Fsp3) is 0.706. The van der Waals surface area contributed by atoms with Gasteiger partial charge < -0.3 is 9.72 Å². The standard InChI is InChI=1S/C17H29N5OS/c1-3-4-5-6-7-8-10-23-17(20-13-18)19-9-11-24-12-16-15(2)21-14-22-16/h14H,3-12H2,1-2H3,(H,19,20)(H,21,22). The molecular weight excluding hydrogens is 322 g/mol. The van der Waals surface area contributed by atoms with Crippen molar-refractivity contribution in [1.82, 2.24) is 15.3 Å². The Morgan fingerprint density at radius 2 is 2.17 bits per heavy atom. The fourth-order valence-electron chi connectivity index (χ4n) is 2.14. The molecule has 0 aliphatic carbocycles. The monoisotopic (exact) mass is 351 g/mol. The van der Waals surface area contributed by atoms with Crippen LogP contribution in [-0.2, 0) is 10.5 Å². The van der Waals surface area contributed by atoms with Crippen molar-refractivity contribution in [2.24, 2.45) is 4.99 Å². The summed E-state index contributed by atoms with van der Waals surface area (Å²) in [4.78, 5) is 11.6. The van der Waals surface area contributed by atoms with E-state index in [1.54, 1.807) is 18.1 Å². The van der Waals surface area contributed by atoms with Crippen molar-refractivity contribution in [2.45, 2.75) is 58.1 Å². The van der Waals surface area contributed by atoms with E-state index in [9.17, 15) is 0 Å². The maximum Gasteiger partial charge on any atom is 0.298 e. The lowest BCUT2D eigenvalue weighted by atomic mass is 10.1. The number of rotatable bonds is 12. The molecule has 1 aromatic rings. The van der Waals surface area contributed by atoms with Gasteiger partial charge in [-0.1, -0.05) is 39.0 Å². The summed E-state index contributed by atoms with van der Waals surface area (Å²) in [5.74, 6) is 1.76. The molecule has 1 rings (SSSR count). The molecule has 6 nitrogen and oxygen atoms in total. The van der Waals surface area contributed by atoms with Crippen LogP contribution in [0.25, 0.3) is 0 Å². The van der Waals surface area contributed by atoms with E-state index in [4.69, 9.17) is 10.00 Å². The number of aromatic amines is 1. The van der Waals surface area contributed by atoms with Gasteiger partial charge in [0.25, 0.3) is 6.02 Å². The zero-order valence-electron chi connectivity index (χ0n) is 14.8. The number of hydrogen-bond donors (Lipinski definition) is 2. The number of aliphatic imine (C=N–C) groups is 1. The third-order valence-corrected chi connectivity index (χ3v) is 4.53. The number of H-pyrrole nitrogens is 1.